The van der Waals surface area contributed by atoms with Crippen LogP contribution >= 0.6 is 7.82 Å². The Balaban J connectivity index is -0.00000000381. The van der Waals surface area contributed by atoms with Crippen molar-refractivity contribution in [3.8, 4) is 0 Å². The molecule has 0 aromatic heterocycles. The first-order valence-electron chi connectivity index (χ1n) is 0.783. The maximum Gasteiger partial charge on any atom is 0.316 e. The number of rotatable bonds is 0. The Labute approximate surface area is 148 Å². The van der Waals surface area contributed by atoms with Crippen LogP contribution < -0.4 is 0 Å². The summed E-state index contributed by atoms with van der Waals surface area (Å²) in [5, 5.41) is 0. The molecule has 0 bridgehead atoms. The van der Waals surface area contributed by atoms with Crippen LogP contribution in [0.15, 0.2) is 0 Å². The van der Waals surface area contributed by atoms with Gasteiger partial charge in [0.15, 0.2) is 17.4 Å². The van der Waals surface area contributed by atoms with Crippen LogP contribution in [0.4, 0.5) is 0 Å². The second-order valence-electron chi connectivity index (χ2n) is 0.513. The van der Waals surface area contributed by atoms with Crippen LogP contribution in [0.25, 0.3) is 0 Å². The molecule has 12 heavy (non-hydrogen) atoms. The summed E-state index contributed by atoms with van der Waals surface area (Å²) in [7, 11) is -4.64. The largest absolute Gasteiger partial charge is 0.316 e. The number of hydrogen-bond donors (Lipinski definition) is 3. The van der Waals surface area contributed by atoms with Gasteiger partial charge in [0.1, 0.15) is 0 Å². The summed E-state index contributed by atoms with van der Waals surface area (Å²) in [5.41, 5.74) is 0. The molecule has 0 saturated carbocycles. The van der Waals surface area contributed by atoms with Crippen molar-refractivity contribution in [2.45, 2.75) is 0 Å². The molecule has 0 atom stereocenters. The quantitative estimate of drug-likeness (QED) is 0.298. The topological polar surface area (TPSA) is 141 Å². The molecule has 0 aliphatic rings. The van der Waals surface area contributed by atoms with Crippen molar-refractivity contribution in [2.75, 3.05) is 0 Å². The van der Waals surface area contributed by atoms with Gasteiger partial charge >= 0.3 is 68.6 Å². The second kappa shape index (κ2) is 29.3. The van der Waals surface area contributed by atoms with Gasteiger partial charge in [-0.1, -0.05) is 0 Å². The maximum absolute atomic E-state index is 8.88. The van der Waals surface area contributed by atoms with E-state index in [1.807, 2.05) is 0 Å². The van der Waals surface area contributed by atoms with Crippen molar-refractivity contribution in [3.05, 3.63) is 0 Å². The fourth-order valence-electron chi connectivity index (χ4n) is 0. The molecule has 0 aromatic rings. The van der Waals surface area contributed by atoms with Gasteiger partial charge < -0.3 is 25.6 Å². The second-order valence-corrected chi connectivity index (χ2v) is 1.54. The van der Waals surface area contributed by atoms with E-state index in [-0.39, 0.29) is 123 Å². The zero-order valence-corrected chi connectivity index (χ0v) is 7.11. The van der Waals surface area contributed by atoms with Crippen molar-refractivity contribution in [1.82, 2.24) is 0 Å². The Bertz CT molecular complexity index is 73.7. The third-order valence-corrected chi connectivity index (χ3v) is 0. The number of phosphoric acid groups is 1. The Morgan fingerprint density at radius 2 is 1.00 bits per heavy atom. The van der Waals surface area contributed by atoms with Crippen LogP contribution in [0.2, 0.25) is 0 Å². The molecule has 0 aliphatic carbocycles. The van der Waals surface area contributed by atoms with Crippen molar-refractivity contribution in [2.24, 2.45) is 0 Å². The first-order valence-corrected chi connectivity index (χ1v) is 2.35. The molecule has 1 radical (unpaired) electrons. The van der Waals surface area contributed by atoms with E-state index < -0.39 is 7.82 Å². The van der Waals surface area contributed by atoms with E-state index in [1.54, 1.807) is 0 Å². The van der Waals surface area contributed by atoms with Crippen molar-refractivity contribution in [1.29, 1.82) is 0 Å². The molecule has 0 unspecified atom stereocenters. The van der Waals surface area contributed by atoms with E-state index in [9.17, 15) is 0 Å². The SMILES string of the molecule is O.O.O=P(O)(O)O.[AlH3].[CaH2].[Fe].[MgH2].[Mn]. The Hall–Kier alpha value is 3.63. The van der Waals surface area contributed by atoms with Gasteiger partial charge in [0.25, 0.3) is 0 Å². The van der Waals surface area contributed by atoms with Gasteiger partial charge in [-0.3, -0.25) is 0 Å². The molecule has 0 rings (SSSR count). The minimum absolute atomic E-state index is 0. The van der Waals surface area contributed by atoms with Gasteiger partial charge in [-0.25, -0.2) is 4.57 Å². The summed E-state index contributed by atoms with van der Waals surface area (Å²) in [6.45, 7) is 0. The predicted molar refractivity (Wildman–Crippen MR) is 48.5 cm³/mol. The summed E-state index contributed by atoms with van der Waals surface area (Å²) in [6, 6.07) is 0. The van der Waals surface area contributed by atoms with Gasteiger partial charge in [0, 0.05) is 34.1 Å². The molecule has 0 heterocycles. The molecule has 12 heteroatoms. The van der Waals surface area contributed by atoms with Crippen LogP contribution in [-0.4, -0.2) is 104 Å². The fraction of sp³-hybridized carbons (Fsp3) is 0. The molecular weight excluding hydrogens is 329 g/mol. The van der Waals surface area contributed by atoms with E-state index in [0.29, 0.717) is 0 Å². The van der Waals surface area contributed by atoms with Gasteiger partial charge in [-0.2, -0.15) is 0 Å². The monoisotopic (exact) mass is 343 g/mol. The number of hydrogen-bond acceptors (Lipinski definition) is 1. The summed E-state index contributed by atoms with van der Waals surface area (Å²) in [6.07, 6.45) is 0. The van der Waals surface area contributed by atoms with Gasteiger partial charge in [0.05, 0.1) is 0 Å². The first-order chi connectivity index (χ1) is 2.00. The average molecular weight is 343 g/mol. The van der Waals surface area contributed by atoms with Gasteiger partial charge in [-0.05, 0) is 0 Å². The zero-order chi connectivity index (χ0) is 4.50. The van der Waals surface area contributed by atoms with Crippen LogP contribution in [0.3, 0.4) is 0 Å². The van der Waals surface area contributed by atoms with Crippen LogP contribution in [0, 0.1) is 0 Å². The molecule has 0 aromatic carbocycles. The van der Waals surface area contributed by atoms with Crippen molar-refractivity contribution in [3.63, 3.8) is 0 Å². The molecular formula is H14AlCaFeMgMnO6P. The van der Waals surface area contributed by atoms with Crippen LogP contribution in [0.1, 0.15) is 0 Å². The molecule has 6 nitrogen and oxygen atoms in total. The van der Waals surface area contributed by atoms with E-state index >= 15 is 0 Å². The van der Waals surface area contributed by atoms with Crippen molar-refractivity contribution < 1.29 is 64.3 Å². The molecule has 7 N–H and O–H groups in total. The summed E-state index contributed by atoms with van der Waals surface area (Å²) >= 11 is 0. The Morgan fingerprint density at radius 3 is 1.00 bits per heavy atom. The third-order valence-electron chi connectivity index (χ3n) is 0. The van der Waals surface area contributed by atoms with Crippen LogP contribution in [-0.2, 0) is 38.7 Å². The zero-order valence-electron chi connectivity index (χ0n) is 3.93. The summed E-state index contributed by atoms with van der Waals surface area (Å²) in [4.78, 5) is 21.6. The van der Waals surface area contributed by atoms with E-state index in [2.05, 4.69) is 0 Å². The van der Waals surface area contributed by atoms with Gasteiger partial charge in [-0.15, -0.1) is 0 Å². The maximum atomic E-state index is 8.88. The third kappa shape index (κ3) is 165. The van der Waals surface area contributed by atoms with E-state index in [4.69, 9.17) is 19.2 Å². The summed E-state index contributed by atoms with van der Waals surface area (Å²) in [5.74, 6) is 0. The van der Waals surface area contributed by atoms with Crippen molar-refractivity contribution >= 4 is 86.0 Å². The van der Waals surface area contributed by atoms with E-state index in [1.165, 1.54) is 0 Å². The molecule has 0 fully saturated rings. The molecule has 0 amide bonds. The molecule has 0 spiro atoms. The smallest absolute Gasteiger partial charge is 0 e. The van der Waals surface area contributed by atoms with Gasteiger partial charge in [0.2, 0.25) is 0 Å². The Morgan fingerprint density at radius 1 is 1.00 bits per heavy atom. The van der Waals surface area contributed by atoms with Crippen LogP contribution in [0.5, 0.6) is 0 Å². The molecule has 0 aliphatic heterocycles. The summed E-state index contributed by atoms with van der Waals surface area (Å²) < 4.78 is 8.88. The standard InChI is InChI=1S/Al.Ca.Fe.Mg.Mn.H3O4P.2H2O.7H/c;;;;;1-5(2,3)4;;;;;;;;;/h;;;;;(H3,1,2,3,4);2*1H2;;;;;;;. The minimum atomic E-state index is -4.64. The average Bonchev–Trinajstić information content (AvgIpc) is 0.722. The minimum Gasteiger partial charge on any atom is 0 e. The predicted octanol–water partition coefficient (Wildman–Crippen LogP) is -5.60. The molecule has 77 valence electrons. The normalized spacial score (nSPS) is 4.92. The molecule has 0 saturated heterocycles. The van der Waals surface area contributed by atoms with E-state index in [0.717, 1.165) is 0 Å². The fourth-order valence-corrected chi connectivity index (χ4v) is 0. The first kappa shape index (κ1) is 57.5. The Kier molecular flexibility index (Phi) is 140.